The number of benzene rings is 1. The molecule has 1 heterocycles. The van der Waals surface area contributed by atoms with Gasteiger partial charge in [0.15, 0.2) is 0 Å². The Morgan fingerprint density at radius 1 is 1.06 bits per heavy atom. The van der Waals surface area contributed by atoms with E-state index in [1.165, 1.54) is 18.5 Å². The van der Waals surface area contributed by atoms with Crippen LogP contribution in [0.2, 0.25) is 5.02 Å². The van der Waals surface area contributed by atoms with Crippen LogP contribution in [0.4, 0.5) is 13.2 Å². The van der Waals surface area contributed by atoms with Gasteiger partial charge in [-0.3, -0.25) is 0 Å². The fraction of sp³-hybridized carbons (Fsp3) is 0.0909. The predicted molar refractivity (Wildman–Crippen MR) is 57.5 cm³/mol. The molecule has 0 atom stereocenters. The Balaban J connectivity index is 2.55. The van der Waals surface area contributed by atoms with Crippen LogP contribution in [0.15, 0.2) is 36.7 Å². The fourth-order valence-corrected chi connectivity index (χ4v) is 1.60. The number of halogens is 4. The van der Waals surface area contributed by atoms with Crippen molar-refractivity contribution in [3.05, 3.63) is 47.2 Å². The maximum Gasteiger partial charge on any atom is 0.416 e. The zero-order chi connectivity index (χ0) is 12.5. The maximum absolute atomic E-state index is 12.5. The third kappa shape index (κ3) is 2.55. The van der Waals surface area contributed by atoms with E-state index >= 15 is 0 Å². The van der Waals surface area contributed by atoms with Crippen LogP contribution in [0.1, 0.15) is 5.56 Å². The monoisotopic (exact) mass is 258 g/mol. The topological polar surface area (TPSA) is 25.8 Å². The van der Waals surface area contributed by atoms with Gasteiger partial charge in [0.2, 0.25) is 0 Å². The van der Waals surface area contributed by atoms with Crippen LogP contribution in [-0.4, -0.2) is 10.2 Å². The van der Waals surface area contributed by atoms with Gasteiger partial charge in [-0.1, -0.05) is 11.6 Å². The lowest BCUT2D eigenvalue weighted by Crippen LogP contribution is -2.04. The highest BCUT2D eigenvalue weighted by molar-refractivity contribution is 6.33. The van der Waals surface area contributed by atoms with E-state index < -0.39 is 11.7 Å². The first-order valence-electron chi connectivity index (χ1n) is 4.62. The minimum absolute atomic E-state index is 0.242. The molecule has 0 bridgehead atoms. The molecule has 2 aromatic rings. The Morgan fingerprint density at radius 3 is 2.41 bits per heavy atom. The van der Waals surface area contributed by atoms with Gasteiger partial charge in [-0.05, 0) is 24.3 Å². The Bertz CT molecular complexity index is 526. The summed E-state index contributed by atoms with van der Waals surface area (Å²) >= 11 is 5.87. The van der Waals surface area contributed by atoms with Crippen molar-refractivity contribution in [2.45, 2.75) is 6.18 Å². The van der Waals surface area contributed by atoms with Gasteiger partial charge in [0, 0.05) is 16.1 Å². The van der Waals surface area contributed by atoms with Crippen molar-refractivity contribution in [3.63, 3.8) is 0 Å². The highest BCUT2D eigenvalue weighted by Gasteiger charge is 2.31. The molecule has 0 fully saturated rings. The van der Waals surface area contributed by atoms with Crippen LogP contribution in [0.25, 0.3) is 11.1 Å². The summed E-state index contributed by atoms with van der Waals surface area (Å²) < 4.78 is 37.6. The molecule has 0 aliphatic carbocycles. The second-order valence-electron chi connectivity index (χ2n) is 3.32. The minimum atomic E-state index is -4.39. The lowest BCUT2D eigenvalue weighted by molar-refractivity contribution is -0.137. The molecule has 17 heavy (non-hydrogen) atoms. The first-order valence-corrected chi connectivity index (χ1v) is 5.00. The Morgan fingerprint density at radius 2 is 1.82 bits per heavy atom. The quantitative estimate of drug-likeness (QED) is 0.777. The summed E-state index contributed by atoms with van der Waals surface area (Å²) in [5.41, 5.74) is 0.0428. The van der Waals surface area contributed by atoms with E-state index in [0.29, 0.717) is 5.56 Å². The molecule has 0 saturated heterocycles. The molecular weight excluding hydrogens is 253 g/mol. The zero-order valence-electron chi connectivity index (χ0n) is 8.37. The van der Waals surface area contributed by atoms with Crippen LogP contribution in [0.5, 0.6) is 0 Å². The minimum Gasteiger partial charge on any atom is -0.166 e. The van der Waals surface area contributed by atoms with Crippen molar-refractivity contribution in [1.82, 2.24) is 10.2 Å². The van der Waals surface area contributed by atoms with E-state index in [4.69, 9.17) is 11.6 Å². The number of alkyl halides is 3. The summed E-state index contributed by atoms with van der Waals surface area (Å²) in [4.78, 5) is 0. The van der Waals surface area contributed by atoms with E-state index in [-0.39, 0.29) is 10.6 Å². The van der Waals surface area contributed by atoms with Gasteiger partial charge in [-0.15, -0.1) is 0 Å². The summed E-state index contributed by atoms with van der Waals surface area (Å²) in [5, 5.41) is 7.40. The Kier molecular flexibility index (Phi) is 3.02. The summed E-state index contributed by atoms with van der Waals surface area (Å²) in [7, 11) is 0. The smallest absolute Gasteiger partial charge is 0.166 e. The second kappa shape index (κ2) is 4.33. The number of aromatic nitrogens is 2. The van der Waals surface area contributed by atoms with Gasteiger partial charge in [0.25, 0.3) is 0 Å². The highest BCUT2D eigenvalue weighted by Crippen LogP contribution is 2.35. The average molecular weight is 259 g/mol. The number of nitrogens with zero attached hydrogens (tertiary/aromatic N) is 2. The van der Waals surface area contributed by atoms with Crippen LogP contribution in [0, 0.1) is 0 Å². The lowest BCUT2D eigenvalue weighted by atomic mass is 10.0. The molecule has 1 aromatic carbocycles. The first kappa shape index (κ1) is 11.9. The van der Waals surface area contributed by atoms with Crippen molar-refractivity contribution >= 4 is 11.6 Å². The van der Waals surface area contributed by atoms with Crippen molar-refractivity contribution in [2.24, 2.45) is 0 Å². The van der Waals surface area contributed by atoms with Gasteiger partial charge >= 0.3 is 6.18 Å². The summed E-state index contributed by atoms with van der Waals surface area (Å²) in [6.07, 6.45) is -1.63. The van der Waals surface area contributed by atoms with Crippen molar-refractivity contribution < 1.29 is 13.2 Å². The second-order valence-corrected chi connectivity index (χ2v) is 3.73. The Labute approximate surface area is 100 Å². The molecule has 6 heteroatoms. The van der Waals surface area contributed by atoms with Gasteiger partial charge in [0.1, 0.15) is 0 Å². The van der Waals surface area contributed by atoms with Crippen LogP contribution in [0.3, 0.4) is 0 Å². The first-order chi connectivity index (χ1) is 7.98. The molecule has 1 aromatic heterocycles. The molecule has 0 aliphatic heterocycles. The van der Waals surface area contributed by atoms with Crippen molar-refractivity contribution in [3.8, 4) is 11.1 Å². The maximum atomic E-state index is 12.5. The third-order valence-corrected chi connectivity index (χ3v) is 2.52. The molecule has 0 aliphatic rings. The normalized spacial score (nSPS) is 11.5. The summed E-state index contributed by atoms with van der Waals surface area (Å²) in [6, 6.07) is 4.72. The van der Waals surface area contributed by atoms with Gasteiger partial charge in [-0.25, -0.2) is 0 Å². The molecule has 0 spiro atoms. The van der Waals surface area contributed by atoms with Gasteiger partial charge < -0.3 is 0 Å². The molecule has 0 unspecified atom stereocenters. The van der Waals surface area contributed by atoms with Crippen molar-refractivity contribution in [2.75, 3.05) is 0 Å². The van der Waals surface area contributed by atoms with Crippen molar-refractivity contribution in [1.29, 1.82) is 0 Å². The van der Waals surface area contributed by atoms with E-state index in [2.05, 4.69) is 10.2 Å². The molecule has 2 rings (SSSR count). The van der Waals surface area contributed by atoms with Gasteiger partial charge in [0.05, 0.1) is 18.0 Å². The van der Waals surface area contributed by atoms with Crippen LogP contribution in [-0.2, 0) is 6.18 Å². The highest BCUT2D eigenvalue weighted by atomic mass is 35.5. The summed E-state index contributed by atoms with van der Waals surface area (Å²) in [6.45, 7) is 0. The van der Waals surface area contributed by atoms with Gasteiger partial charge in [-0.2, -0.15) is 23.4 Å². The molecule has 0 radical (unpaired) electrons. The lowest BCUT2D eigenvalue weighted by Gasteiger charge is -2.10. The molecular formula is C11H6ClF3N2. The molecule has 0 N–H and O–H groups in total. The largest absolute Gasteiger partial charge is 0.416 e. The number of hydrogen-bond donors (Lipinski definition) is 0. The number of hydrogen-bond acceptors (Lipinski definition) is 2. The third-order valence-electron chi connectivity index (χ3n) is 2.19. The zero-order valence-corrected chi connectivity index (χ0v) is 9.13. The molecule has 2 nitrogen and oxygen atoms in total. The SMILES string of the molecule is FC(F)(F)c1ccc(Cl)c(-c2ccnnc2)c1. The Hall–Kier alpha value is -1.62. The summed E-state index contributed by atoms with van der Waals surface area (Å²) in [5.74, 6) is 0. The van der Waals surface area contributed by atoms with E-state index in [0.717, 1.165) is 12.1 Å². The molecule has 0 amide bonds. The van der Waals surface area contributed by atoms with E-state index in [9.17, 15) is 13.2 Å². The van der Waals surface area contributed by atoms with Crippen LogP contribution < -0.4 is 0 Å². The predicted octanol–water partition coefficient (Wildman–Crippen LogP) is 3.82. The standard InChI is InChI=1S/C11H6ClF3N2/c12-10-2-1-8(11(13,14)15)5-9(10)7-3-4-16-17-6-7/h1-6H. The molecule has 0 saturated carbocycles. The fourth-order valence-electron chi connectivity index (χ4n) is 1.37. The average Bonchev–Trinajstić information content (AvgIpc) is 2.29. The number of rotatable bonds is 1. The van der Waals surface area contributed by atoms with E-state index in [1.54, 1.807) is 6.07 Å². The van der Waals surface area contributed by atoms with Crippen LogP contribution >= 0.6 is 11.6 Å². The molecule has 88 valence electrons. The van der Waals surface area contributed by atoms with E-state index in [1.807, 2.05) is 0 Å².